The van der Waals surface area contributed by atoms with E-state index < -0.39 is 0 Å². The number of rotatable bonds is 6. The van der Waals surface area contributed by atoms with Gasteiger partial charge in [0, 0.05) is 28.1 Å². The molecule has 0 atom stereocenters. The molecule has 1 amide bonds. The van der Waals surface area contributed by atoms with E-state index in [0.717, 1.165) is 17.5 Å². The molecule has 0 fully saturated rings. The second-order valence-electron chi connectivity index (χ2n) is 6.07. The lowest BCUT2D eigenvalue weighted by Gasteiger charge is -2.19. The summed E-state index contributed by atoms with van der Waals surface area (Å²) in [6.45, 7) is 0.573. The Morgan fingerprint density at radius 1 is 0.769 bits per heavy atom. The molecule has 3 rings (SSSR count). The molecule has 0 bridgehead atoms. The Morgan fingerprint density at radius 2 is 1.27 bits per heavy atom. The van der Waals surface area contributed by atoms with Gasteiger partial charge < -0.3 is 5.32 Å². The van der Waals surface area contributed by atoms with Gasteiger partial charge in [0.25, 0.3) is 5.91 Å². The van der Waals surface area contributed by atoms with Gasteiger partial charge in [-0.3, -0.25) is 4.79 Å². The van der Waals surface area contributed by atoms with Crippen LogP contribution < -0.4 is 5.32 Å². The molecule has 0 heterocycles. The molecule has 0 spiro atoms. The lowest BCUT2D eigenvalue weighted by atomic mass is 9.88. The summed E-state index contributed by atoms with van der Waals surface area (Å²) < 4.78 is 0. The Labute approximate surface area is 163 Å². The van der Waals surface area contributed by atoms with Crippen molar-refractivity contribution in [2.24, 2.45) is 0 Å². The molecule has 0 saturated heterocycles. The van der Waals surface area contributed by atoms with E-state index in [1.165, 1.54) is 0 Å². The minimum absolute atomic E-state index is 0.0587. The summed E-state index contributed by atoms with van der Waals surface area (Å²) in [6, 6.07) is 24.9. The van der Waals surface area contributed by atoms with Crippen molar-refractivity contribution in [1.29, 1.82) is 0 Å². The fourth-order valence-electron chi connectivity index (χ4n) is 2.94. The first kappa shape index (κ1) is 18.5. The molecule has 0 aliphatic carbocycles. The van der Waals surface area contributed by atoms with Crippen LogP contribution in [0.2, 0.25) is 10.0 Å². The van der Waals surface area contributed by atoms with E-state index in [9.17, 15) is 4.79 Å². The van der Waals surface area contributed by atoms with Crippen LogP contribution in [0.3, 0.4) is 0 Å². The molecule has 0 aliphatic heterocycles. The first-order valence-electron chi connectivity index (χ1n) is 8.47. The van der Waals surface area contributed by atoms with Crippen LogP contribution >= 0.6 is 23.2 Å². The molecule has 1 N–H and O–H groups in total. The summed E-state index contributed by atoms with van der Waals surface area (Å²) in [7, 11) is 0. The zero-order chi connectivity index (χ0) is 18.4. The molecule has 132 valence electrons. The zero-order valence-electron chi connectivity index (χ0n) is 14.2. The van der Waals surface area contributed by atoms with Crippen molar-refractivity contribution in [3.63, 3.8) is 0 Å². The van der Waals surface area contributed by atoms with Crippen LogP contribution in [0.4, 0.5) is 0 Å². The quantitative estimate of drug-likeness (QED) is 0.559. The highest BCUT2D eigenvalue weighted by Crippen LogP contribution is 2.29. The van der Waals surface area contributed by atoms with E-state index in [4.69, 9.17) is 23.2 Å². The van der Waals surface area contributed by atoms with Crippen molar-refractivity contribution in [2.45, 2.75) is 12.3 Å². The Bertz CT molecular complexity index is 800. The molecule has 2 nitrogen and oxygen atoms in total. The van der Waals surface area contributed by atoms with E-state index in [-0.39, 0.29) is 11.8 Å². The Kier molecular flexibility index (Phi) is 6.32. The van der Waals surface area contributed by atoms with Crippen molar-refractivity contribution in [3.05, 3.63) is 106 Å². The van der Waals surface area contributed by atoms with Crippen LogP contribution in [-0.4, -0.2) is 12.5 Å². The second kappa shape index (κ2) is 8.88. The van der Waals surface area contributed by atoms with Crippen molar-refractivity contribution in [3.8, 4) is 0 Å². The van der Waals surface area contributed by atoms with E-state index in [0.29, 0.717) is 22.2 Å². The molecule has 0 aromatic heterocycles. The summed E-state index contributed by atoms with van der Waals surface area (Å²) in [6.07, 6.45) is 0.780. The Morgan fingerprint density at radius 3 is 1.77 bits per heavy atom. The third kappa shape index (κ3) is 4.87. The number of hydrogen-bond donors (Lipinski definition) is 1. The number of carbonyl (C=O) groups excluding carboxylic acids is 1. The molecule has 0 radical (unpaired) electrons. The van der Waals surface area contributed by atoms with Gasteiger partial charge in [0.05, 0.1) is 0 Å². The van der Waals surface area contributed by atoms with Crippen LogP contribution in [0.5, 0.6) is 0 Å². The maximum Gasteiger partial charge on any atom is 0.251 e. The molecule has 0 aliphatic rings. The molecular formula is C22H19Cl2NO. The third-order valence-electron chi connectivity index (χ3n) is 4.30. The number of nitrogens with one attached hydrogen (secondary N) is 1. The number of benzene rings is 3. The third-order valence-corrected chi connectivity index (χ3v) is 4.80. The predicted octanol–water partition coefficient (Wildman–Crippen LogP) is 5.95. The van der Waals surface area contributed by atoms with Crippen LogP contribution in [0.15, 0.2) is 78.9 Å². The highest BCUT2D eigenvalue weighted by Gasteiger charge is 2.15. The fraction of sp³-hybridized carbons (Fsp3) is 0.136. The van der Waals surface area contributed by atoms with Gasteiger partial charge in [-0.2, -0.15) is 0 Å². The van der Waals surface area contributed by atoms with Gasteiger partial charge in [-0.15, -0.1) is 0 Å². The zero-order valence-corrected chi connectivity index (χ0v) is 15.7. The maximum absolute atomic E-state index is 12.2. The normalized spacial score (nSPS) is 10.7. The summed E-state index contributed by atoms with van der Waals surface area (Å²) >= 11 is 12.0. The van der Waals surface area contributed by atoms with Crippen molar-refractivity contribution in [1.82, 2.24) is 5.32 Å². The van der Waals surface area contributed by atoms with Gasteiger partial charge in [0.2, 0.25) is 0 Å². The van der Waals surface area contributed by atoms with Crippen LogP contribution in [0, 0.1) is 0 Å². The fourth-order valence-corrected chi connectivity index (χ4v) is 3.19. The summed E-state index contributed by atoms with van der Waals surface area (Å²) in [5, 5.41) is 4.42. The van der Waals surface area contributed by atoms with Crippen LogP contribution in [0.1, 0.15) is 33.8 Å². The number of amides is 1. The van der Waals surface area contributed by atoms with E-state index in [1.54, 1.807) is 0 Å². The average molecular weight is 384 g/mol. The Balaban J connectivity index is 1.72. The first-order chi connectivity index (χ1) is 12.6. The number of halogens is 2. The Hall–Kier alpha value is -2.29. The maximum atomic E-state index is 12.2. The molecule has 0 unspecified atom stereocenters. The second-order valence-corrected chi connectivity index (χ2v) is 6.94. The number of hydrogen-bond acceptors (Lipinski definition) is 1. The van der Waals surface area contributed by atoms with Gasteiger partial charge in [-0.25, -0.2) is 0 Å². The molecule has 0 saturated carbocycles. The van der Waals surface area contributed by atoms with Gasteiger partial charge >= 0.3 is 0 Å². The summed E-state index contributed by atoms with van der Waals surface area (Å²) in [4.78, 5) is 12.2. The first-order valence-corrected chi connectivity index (χ1v) is 9.23. The van der Waals surface area contributed by atoms with Crippen LogP contribution in [0.25, 0.3) is 0 Å². The average Bonchev–Trinajstić information content (AvgIpc) is 2.68. The SMILES string of the molecule is O=C(NCCC(c1ccc(Cl)cc1)c1ccc(Cl)cc1)c1ccccc1. The summed E-state index contributed by atoms with van der Waals surface area (Å²) in [5.74, 6) is 0.0946. The van der Waals surface area contributed by atoms with E-state index >= 15 is 0 Å². The van der Waals surface area contributed by atoms with E-state index in [2.05, 4.69) is 5.32 Å². The lowest BCUT2D eigenvalue weighted by Crippen LogP contribution is -2.25. The molecular weight excluding hydrogens is 365 g/mol. The van der Waals surface area contributed by atoms with Crippen molar-refractivity contribution >= 4 is 29.1 Å². The summed E-state index contributed by atoms with van der Waals surface area (Å²) in [5.41, 5.74) is 2.98. The van der Waals surface area contributed by atoms with Crippen LogP contribution in [-0.2, 0) is 0 Å². The molecule has 26 heavy (non-hydrogen) atoms. The minimum Gasteiger partial charge on any atom is -0.352 e. The number of carbonyl (C=O) groups is 1. The van der Waals surface area contributed by atoms with Crippen molar-refractivity contribution < 1.29 is 4.79 Å². The van der Waals surface area contributed by atoms with Gasteiger partial charge in [0.15, 0.2) is 0 Å². The smallest absolute Gasteiger partial charge is 0.251 e. The standard InChI is InChI=1S/C22H19Cl2NO/c23-19-10-6-16(7-11-19)21(17-8-12-20(24)13-9-17)14-15-25-22(26)18-4-2-1-3-5-18/h1-13,21H,14-15H2,(H,25,26). The lowest BCUT2D eigenvalue weighted by molar-refractivity contribution is 0.0953. The predicted molar refractivity (Wildman–Crippen MR) is 108 cm³/mol. The van der Waals surface area contributed by atoms with Gasteiger partial charge in [0.1, 0.15) is 0 Å². The highest BCUT2D eigenvalue weighted by molar-refractivity contribution is 6.30. The largest absolute Gasteiger partial charge is 0.352 e. The molecule has 4 heteroatoms. The molecule has 3 aromatic carbocycles. The highest BCUT2D eigenvalue weighted by atomic mass is 35.5. The van der Waals surface area contributed by atoms with Gasteiger partial charge in [-0.1, -0.05) is 65.7 Å². The van der Waals surface area contributed by atoms with Crippen molar-refractivity contribution in [2.75, 3.05) is 6.54 Å². The topological polar surface area (TPSA) is 29.1 Å². The minimum atomic E-state index is -0.0587. The monoisotopic (exact) mass is 383 g/mol. The van der Waals surface area contributed by atoms with Gasteiger partial charge in [-0.05, 0) is 53.9 Å². The molecule has 3 aromatic rings. The van der Waals surface area contributed by atoms with E-state index in [1.807, 2.05) is 78.9 Å².